The van der Waals surface area contributed by atoms with Gasteiger partial charge in [-0.2, -0.15) is 0 Å². The van der Waals surface area contributed by atoms with E-state index in [9.17, 15) is 0 Å². The molecule has 2 nitrogen and oxygen atoms in total. The number of aromatic nitrogens is 2. The van der Waals surface area contributed by atoms with E-state index < -0.39 is 0 Å². The zero-order valence-corrected chi connectivity index (χ0v) is 7.51. The lowest BCUT2D eigenvalue weighted by Gasteiger charge is -1.91. The predicted octanol–water partition coefficient (Wildman–Crippen LogP) is 3.15. The minimum Gasteiger partial charge on any atom is -0.254 e. The van der Waals surface area contributed by atoms with E-state index in [1.807, 2.05) is 30.5 Å². The van der Waals surface area contributed by atoms with Crippen molar-refractivity contribution in [3.8, 4) is 10.7 Å². The average molecular weight is 192 g/mol. The Hall–Kier alpha value is -1.22. The Morgan fingerprint density at radius 2 is 2.15 bits per heavy atom. The molecule has 0 saturated carbocycles. The minimum atomic E-state index is 0. The number of aryl methyl sites for hydroxylation is 1. The Morgan fingerprint density at radius 3 is 2.69 bits per heavy atom. The number of hydrogen-bond donors (Lipinski definition) is 0. The summed E-state index contributed by atoms with van der Waals surface area (Å²) < 4.78 is 0. The van der Waals surface area contributed by atoms with Gasteiger partial charge in [-0.1, -0.05) is 13.5 Å². The lowest BCUT2D eigenvalue weighted by atomic mass is 10.4. The molecular formula is C10H12N2S. The summed E-state index contributed by atoms with van der Waals surface area (Å²) in [7, 11) is 0. The van der Waals surface area contributed by atoms with Crippen LogP contribution in [0.2, 0.25) is 0 Å². The van der Waals surface area contributed by atoms with Gasteiger partial charge in [-0.25, -0.2) is 4.98 Å². The van der Waals surface area contributed by atoms with Gasteiger partial charge in [0.25, 0.3) is 0 Å². The van der Waals surface area contributed by atoms with Gasteiger partial charge in [-0.05, 0) is 19.1 Å². The SMILES string of the molecule is C.Cc1csc(-c2ccccn2)n1. The van der Waals surface area contributed by atoms with E-state index in [0.29, 0.717) is 0 Å². The third-order valence-electron chi connectivity index (χ3n) is 1.50. The minimum absolute atomic E-state index is 0. The Labute approximate surface area is 82.3 Å². The molecule has 0 aliphatic heterocycles. The van der Waals surface area contributed by atoms with Crippen molar-refractivity contribution in [2.75, 3.05) is 0 Å². The van der Waals surface area contributed by atoms with E-state index in [0.717, 1.165) is 16.4 Å². The molecule has 0 saturated heterocycles. The molecule has 0 bridgehead atoms. The fourth-order valence-corrected chi connectivity index (χ4v) is 1.73. The number of pyridine rings is 1. The van der Waals surface area contributed by atoms with Crippen molar-refractivity contribution < 1.29 is 0 Å². The molecule has 68 valence electrons. The zero-order chi connectivity index (χ0) is 8.39. The molecule has 0 radical (unpaired) electrons. The van der Waals surface area contributed by atoms with Crippen molar-refractivity contribution in [3.05, 3.63) is 35.5 Å². The second-order valence-electron chi connectivity index (χ2n) is 2.51. The van der Waals surface area contributed by atoms with Gasteiger partial charge in [-0.3, -0.25) is 4.98 Å². The van der Waals surface area contributed by atoms with Crippen molar-refractivity contribution in [3.63, 3.8) is 0 Å². The molecule has 3 heteroatoms. The highest BCUT2D eigenvalue weighted by Gasteiger charge is 2.01. The van der Waals surface area contributed by atoms with Crippen LogP contribution in [0, 0.1) is 6.92 Å². The second kappa shape index (κ2) is 4.14. The topological polar surface area (TPSA) is 25.8 Å². The molecule has 2 aromatic rings. The van der Waals surface area contributed by atoms with Gasteiger partial charge in [0.15, 0.2) is 0 Å². The van der Waals surface area contributed by atoms with Crippen molar-refractivity contribution in [1.29, 1.82) is 0 Å². The highest BCUT2D eigenvalue weighted by molar-refractivity contribution is 7.13. The van der Waals surface area contributed by atoms with Crippen LogP contribution in [0.15, 0.2) is 29.8 Å². The smallest absolute Gasteiger partial charge is 0.142 e. The normalized spacial score (nSPS) is 9.31. The fourth-order valence-electron chi connectivity index (χ4n) is 0.961. The van der Waals surface area contributed by atoms with E-state index in [2.05, 4.69) is 9.97 Å². The van der Waals surface area contributed by atoms with Gasteiger partial charge < -0.3 is 0 Å². The third kappa shape index (κ3) is 2.12. The van der Waals surface area contributed by atoms with E-state index >= 15 is 0 Å². The van der Waals surface area contributed by atoms with Crippen LogP contribution >= 0.6 is 11.3 Å². The van der Waals surface area contributed by atoms with Crippen LogP contribution in [0.1, 0.15) is 13.1 Å². The summed E-state index contributed by atoms with van der Waals surface area (Å²) in [4.78, 5) is 8.55. The lowest BCUT2D eigenvalue weighted by Crippen LogP contribution is -1.79. The fraction of sp³-hybridized carbons (Fsp3) is 0.200. The van der Waals surface area contributed by atoms with Crippen molar-refractivity contribution in [2.24, 2.45) is 0 Å². The van der Waals surface area contributed by atoms with Crippen molar-refractivity contribution in [1.82, 2.24) is 9.97 Å². The Balaban J connectivity index is 0.000000845. The Morgan fingerprint density at radius 1 is 1.31 bits per heavy atom. The maximum Gasteiger partial charge on any atom is 0.142 e. The highest BCUT2D eigenvalue weighted by Crippen LogP contribution is 2.20. The molecule has 13 heavy (non-hydrogen) atoms. The first-order valence-corrected chi connectivity index (χ1v) is 4.58. The molecule has 0 aliphatic carbocycles. The van der Waals surface area contributed by atoms with E-state index in [-0.39, 0.29) is 7.43 Å². The second-order valence-corrected chi connectivity index (χ2v) is 3.37. The van der Waals surface area contributed by atoms with E-state index in [1.165, 1.54) is 0 Å². The maximum atomic E-state index is 4.34. The average Bonchev–Trinajstić information content (AvgIpc) is 2.54. The van der Waals surface area contributed by atoms with Crippen LogP contribution in [0.5, 0.6) is 0 Å². The summed E-state index contributed by atoms with van der Waals surface area (Å²) in [5.41, 5.74) is 2.01. The molecule has 0 aliphatic rings. The summed E-state index contributed by atoms with van der Waals surface area (Å²) in [5.74, 6) is 0. The summed E-state index contributed by atoms with van der Waals surface area (Å²) >= 11 is 1.63. The van der Waals surface area contributed by atoms with Gasteiger partial charge >= 0.3 is 0 Å². The standard InChI is InChI=1S/C9H8N2S.CH4/c1-7-6-12-9(11-7)8-4-2-3-5-10-8;/h2-6H,1H3;1H4. The molecule has 2 aromatic heterocycles. The van der Waals surface area contributed by atoms with Crippen molar-refractivity contribution >= 4 is 11.3 Å². The summed E-state index contributed by atoms with van der Waals surface area (Å²) in [6.45, 7) is 1.99. The van der Waals surface area contributed by atoms with Crippen LogP contribution < -0.4 is 0 Å². The van der Waals surface area contributed by atoms with Crippen LogP contribution in [-0.4, -0.2) is 9.97 Å². The van der Waals surface area contributed by atoms with E-state index in [4.69, 9.17) is 0 Å². The molecule has 0 spiro atoms. The predicted molar refractivity (Wildman–Crippen MR) is 56.8 cm³/mol. The van der Waals surface area contributed by atoms with Gasteiger partial charge in [0.1, 0.15) is 5.01 Å². The molecule has 2 rings (SSSR count). The first kappa shape index (κ1) is 9.86. The van der Waals surface area contributed by atoms with Crippen LogP contribution in [-0.2, 0) is 0 Å². The molecule has 0 atom stereocenters. The monoisotopic (exact) mass is 192 g/mol. The summed E-state index contributed by atoms with van der Waals surface area (Å²) in [6, 6.07) is 5.85. The van der Waals surface area contributed by atoms with Crippen LogP contribution in [0.4, 0.5) is 0 Å². The van der Waals surface area contributed by atoms with Crippen molar-refractivity contribution in [2.45, 2.75) is 14.4 Å². The summed E-state index contributed by atoms with van der Waals surface area (Å²) in [6.07, 6.45) is 1.78. The van der Waals surface area contributed by atoms with Crippen LogP contribution in [0.25, 0.3) is 10.7 Å². The molecule has 0 unspecified atom stereocenters. The maximum absolute atomic E-state index is 4.34. The van der Waals surface area contributed by atoms with E-state index in [1.54, 1.807) is 17.5 Å². The van der Waals surface area contributed by atoms with Crippen LogP contribution in [0.3, 0.4) is 0 Å². The first-order valence-electron chi connectivity index (χ1n) is 3.70. The molecule has 2 heterocycles. The molecular weight excluding hydrogens is 180 g/mol. The summed E-state index contributed by atoms with van der Waals surface area (Å²) in [5, 5.41) is 3.03. The lowest BCUT2D eigenvalue weighted by molar-refractivity contribution is 1.23. The van der Waals surface area contributed by atoms with Gasteiger partial charge in [0, 0.05) is 17.3 Å². The third-order valence-corrected chi connectivity index (χ3v) is 2.49. The number of hydrogen-bond acceptors (Lipinski definition) is 3. The quantitative estimate of drug-likeness (QED) is 0.693. The largest absolute Gasteiger partial charge is 0.254 e. The number of thiazole rings is 1. The zero-order valence-electron chi connectivity index (χ0n) is 6.69. The molecule has 0 aromatic carbocycles. The Bertz CT molecular complexity index is 367. The molecule has 0 N–H and O–H groups in total. The number of rotatable bonds is 1. The Kier molecular flexibility index (Phi) is 3.14. The highest BCUT2D eigenvalue weighted by atomic mass is 32.1. The first-order chi connectivity index (χ1) is 5.86. The number of nitrogens with zero attached hydrogens (tertiary/aromatic N) is 2. The van der Waals surface area contributed by atoms with Gasteiger partial charge in [-0.15, -0.1) is 11.3 Å². The molecule has 0 amide bonds. The van der Waals surface area contributed by atoms with Gasteiger partial charge in [0.05, 0.1) is 5.69 Å². The van der Waals surface area contributed by atoms with Gasteiger partial charge in [0.2, 0.25) is 0 Å². The molecule has 0 fully saturated rings.